The van der Waals surface area contributed by atoms with Gasteiger partial charge in [0.25, 0.3) is 0 Å². The van der Waals surface area contributed by atoms with Gasteiger partial charge in [0.15, 0.2) is 0 Å². The summed E-state index contributed by atoms with van der Waals surface area (Å²) in [4.78, 5) is 9.89. The number of pyridine rings is 1. The number of aromatic nitrogens is 1. The van der Waals surface area contributed by atoms with Crippen molar-refractivity contribution in [1.82, 2.24) is 9.88 Å². The third-order valence-corrected chi connectivity index (χ3v) is 3.36. The van der Waals surface area contributed by atoms with Crippen LogP contribution in [0.3, 0.4) is 0 Å². The van der Waals surface area contributed by atoms with Crippen LogP contribution in [0.2, 0.25) is 5.15 Å². The standard InChI is InChI=1S/C10H9ClN4S/c11-9-2-1-8(3-13-9)4-15-7-16-5-10(15)14-6-12/h1-3H,4-5,7H2. The molecule has 1 aliphatic rings. The molecule has 0 unspecified atom stereocenters. The Labute approximate surface area is 103 Å². The summed E-state index contributed by atoms with van der Waals surface area (Å²) in [5.74, 6) is 2.50. The molecule has 0 N–H and O–H groups in total. The van der Waals surface area contributed by atoms with E-state index in [2.05, 4.69) is 14.9 Å². The fraction of sp³-hybridized carbons (Fsp3) is 0.300. The zero-order chi connectivity index (χ0) is 11.4. The first-order valence-electron chi connectivity index (χ1n) is 4.68. The minimum absolute atomic E-state index is 0.491. The summed E-state index contributed by atoms with van der Waals surface area (Å²) in [6.07, 6.45) is 3.58. The predicted molar refractivity (Wildman–Crippen MR) is 65.2 cm³/mol. The highest BCUT2D eigenvalue weighted by Crippen LogP contribution is 2.19. The Morgan fingerprint density at radius 2 is 2.50 bits per heavy atom. The van der Waals surface area contributed by atoms with Gasteiger partial charge in [-0.3, -0.25) is 0 Å². The van der Waals surface area contributed by atoms with E-state index in [0.29, 0.717) is 5.15 Å². The molecule has 0 radical (unpaired) electrons. The minimum atomic E-state index is 0.491. The molecule has 6 heteroatoms. The minimum Gasteiger partial charge on any atom is -0.345 e. The number of amidine groups is 1. The van der Waals surface area contributed by atoms with Gasteiger partial charge >= 0.3 is 0 Å². The highest BCUT2D eigenvalue weighted by atomic mass is 35.5. The van der Waals surface area contributed by atoms with Crippen LogP contribution in [0.5, 0.6) is 0 Å². The Morgan fingerprint density at radius 1 is 1.62 bits per heavy atom. The molecule has 2 rings (SSSR count). The number of hydrogen-bond donors (Lipinski definition) is 0. The van der Waals surface area contributed by atoms with Crippen molar-refractivity contribution in [2.45, 2.75) is 6.54 Å². The molecule has 0 saturated carbocycles. The van der Waals surface area contributed by atoms with Gasteiger partial charge in [-0.15, -0.1) is 11.8 Å². The average molecular weight is 253 g/mol. The number of nitriles is 1. The zero-order valence-corrected chi connectivity index (χ0v) is 10.0. The molecule has 82 valence electrons. The fourth-order valence-electron chi connectivity index (χ4n) is 1.43. The maximum Gasteiger partial charge on any atom is 0.207 e. The molecule has 0 bridgehead atoms. The van der Waals surface area contributed by atoms with Gasteiger partial charge < -0.3 is 4.90 Å². The summed E-state index contributed by atoms with van der Waals surface area (Å²) in [5, 5.41) is 9.03. The molecule has 1 aromatic rings. The van der Waals surface area contributed by atoms with Gasteiger partial charge in [-0.05, 0) is 11.6 Å². The van der Waals surface area contributed by atoms with Gasteiger partial charge in [-0.1, -0.05) is 17.7 Å². The third-order valence-electron chi connectivity index (χ3n) is 2.18. The highest BCUT2D eigenvalue weighted by molar-refractivity contribution is 8.00. The lowest BCUT2D eigenvalue weighted by Crippen LogP contribution is -2.25. The normalized spacial score (nSPS) is 17.8. The second kappa shape index (κ2) is 5.19. The van der Waals surface area contributed by atoms with Crippen molar-refractivity contribution >= 4 is 29.2 Å². The second-order valence-corrected chi connectivity index (χ2v) is 4.64. The lowest BCUT2D eigenvalue weighted by atomic mass is 10.3. The van der Waals surface area contributed by atoms with Gasteiger partial charge in [0.1, 0.15) is 11.0 Å². The molecule has 2 heterocycles. The van der Waals surface area contributed by atoms with Crippen LogP contribution in [0.25, 0.3) is 0 Å². The van der Waals surface area contributed by atoms with Crippen LogP contribution in [-0.4, -0.2) is 27.3 Å². The van der Waals surface area contributed by atoms with Crippen molar-refractivity contribution in [3.05, 3.63) is 29.0 Å². The van der Waals surface area contributed by atoms with Crippen LogP contribution in [0.1, 0.15) is 5.56 Å². The number of halogens is 1. The summed E-state index contributed by atoms with van der Waals surface area (Å²) < 4.78 is 0. The first-order chi connectivity index (χ1) is 7.79. The molecule has 1 saturated heterocycles. The first-order valence-corrected chi connectivity index (χ1v) is 6.21. The fourth-order valence-corrected chi connectivity index (χ4v) is 2.52. The molecular weight excluding hydrogens is 244 g/mol. The number of nitrogens with zero attached hydrogens (tertiary/aromatic N) is 4. The molecular formula is C10H9ClN4S. The SMILES string of the molecule is N#CN=C1CSCN1Cc1ccc(Cl)nc1. The van der Waals surface area contributed by atoms with Crippen molar-refractivity contribution in [2.24, 2.45) is 4.99 Å². The third kappa shape index (κ3) is 2.65. The monoisotopic (exact) mass is 252 g/mol. The largest absolute Gasteiger partial charge is 0.345 e. The van der Waals surface area contributed by atoms with Crippen molar-refractivity contribution in [3.63, 3.8) is 0 Å². The molecule has 0 amide bonds. The van der Waals surface area contributed by atoms with E-state index in [1.54, 1.807) is 24.0 Å². The van der Waals surface area contributed by atoms with Crippen molar-refractivity contribution in [3.8, 4) is 6.19 Å². The van der Waals surface area contributed by atoms with Crippen LogP contribution in [0.15, 0.2) is 23.3 Å². The topological polar surface area (TPSA) is 52.3 Å². The Balaban J connectivity index is 2.07. The summed E-state index contributed by atoms with van der Waals surface area (Å²) in [7, 11) is 0. The molecule has 1 fully saturated rings. The number of aliphatic imine (C=N–C) groups is 1. The lowest BCUT2D eigenvalue weighted by Gasteiger charge is -2.16. The van der Waals surface area contributed by atoms with E-state index in [4.69, 9.17) is 16.9 Å². The van der Waals surface area contributed by atoms with E-state index in [0.717, 1.165) is 29.6 Å². The van der Waals surface area contributed by atoms with E-state index >= 15 is 0 Å². The smallest absolute Gasteiger partial charge is 0.207 e. The molecule has 1 aliphatic heterocycles. The van der Waals surface area contributed by atoms with Crippen LogP contribution >= 0.6 is 23.4 Å². The summed E-state index contributed by atoms with van der Waals surface area (Å²) in [5.41, 5.74) is 1.07. The summed E-state index contributed by atoms with van der Waals surface area (Å²) in [6.45, 7) is 0.720. The van der Waals surface area contributed by atoms with Crippen molar-refractivity contribution in [2.75, 3.05) is 11.6 Å². The predicted octanol–water partition coefficient (Wildman–Crippen LogP) is 2.12. The Kier molecular flexibility index (Phi) is 3.65. The maximum absolute atomic E-state index is 8.54. The molecule has 1 aromatic heterocycles. The van der Waals surface area contributed by atoms with E-state index < -0.39 is 0 Å². The van der Waals surface area contributed by atoms with Crippen LogP contribution in [-0.2, 0) is 6.54 Å². The molecule has 4 nitrogen and oxygen atoms in total. The Hall–Kier alpha value is -1.25. The van der Waals surface area contributed by atoms with Crippen LogP contribution in [0.4, 0.5) is 0 Å². The number of hydrogen-bond acceptors (Lipinski definition) is 4. The molecule has 0 aromatic carbocycles. The van der Waals surface area contributed by atoms with Gasteiger partial charge in [0.2, 0.25) is 6.19 Å². The van der Waals surface area contributed by atoms with Crippen molar-refractivity contribution in [1.29, 1.82) is 5.26 Å². The summed E-state index contributed by atoms with van der Waals surface area (Å²) in [6, 6.07) is 3.70. The first kappa shape index (κ1) is 11.2. The second-order valence-electron chi connectivity index (χ2n) is 3.29. The average Bonchev–Trinajstić information content (AvgIpc) is 2.70. The molecule has 16 heavy (non-hydrogen) atoms. The van der Waals surface area contributed by atoms with Crippen LogP contribution in [0, 0.1) is 11.5 Å². The van der Waals surface area contributed by atoms with Gasteiger partial charge in [0, 0.05) is 12.7 Å². The highest BCUT2D eigenvalue weighted by Gasteiger charge is 2.19. The van der Waals surface area contributed by atoms with Crippen molar-refractivity contribution < 1.29 is 0 Å². The molecule has 0 atom stereocenters. The zero-order valence-electron chi connectivity index (χ0n) is 8.43. The van der Waals surface area contributed by atoms with Gasteiger partial charge in [-0.25, -0.2) is 4.98 Å². The van der Waals surface area contributed by atoms with E-state index in [9.17, 15) is 0 Å². The number of rotatable bonds is 2. The quantitative estimate of drug-likeness (QED) is 0.598. The Bertz CT molecular complexity index is 437. The maximum atomic E-state index is 8.54. The Morgan fingerprint density at radius 3 is 3.19 bits per heavy atom. The van der Waals surface area contributed by atoms with Crippen LogP contribution < -0.4 is 0 Å². The number of thioether (sulfide) groups is 1. The molecule has 0 aliphatic carbocycles. The van der Waals surface area contributed by atoms with Gasteiger partial charge in [0.05, 0.1) is 11.6 Å². The van der Waals surface area contributed by atoms with E-state index in [1.165, 1.54) is 0 Å². The lowest BCUT2D eigenvalue weighted by molar-refractivity contribution is 0.489. The van der Waals surface area contributed by atoms with E-state index in [-0.39, 0.29) is 0 Å². The molecule has 0 spiro atoms. The summed E-state index contributed by atoms with van der Waals surface area (Å²) >= 11 is 7.46. The van der Waals surface area contributed by atoms with E-state index in [1.807, 2.05) is 12.3 Å². The van der Waals surface area contributed by atoms with Gasteiger partial charge in [-0.2, -0.15) is 10.3 Å².